The third-order valence-electron chi connectivity index (χ3n) is 19.4. The van der Waals surface area contributed by atoms with Gasteiger partial charge in [-0.2, -0.15) is 0 Å². The molecule has 4 heterocycles. The Balaban J connectivity index is 0.000000276. The molecule has 8 rings (SSSR count). The van der Waals surface area contributed by atoms with Gasteiger partial charge in [-0.3, -0.25) is 57.5 Å². The zero-order chi connectivity index (χ0) is 85.9. The van der Waals surface area contributed by atoms with Gasteiger partial charge in [-0.1, -0.05) is 167 Å². The summed E-state index contributed by atoms with van der Waals surface area (Å²) in [7, 11) is 1.55. The molecule has 0 bridgehead atoms. The first-order chi connectivity index (χ1) is 55.0. The van der Waals surface area contributed by atoms with E-state index in [1.807, 2.05) is 60.7 Å². The van der Waals surface area contributed by atoms with Gasteiger partial charge in [0.15, 0.2) is 20.5 Å². The fourth-order valence-corrected chi connectivity index (χ4v) is 15.8. The van der Waals surface area contributed by atoms with Crippen molar-refractivity contribution >= 4 is 139 Å². The molecule has 0 saturated carbocycles. The fourth-order valence-electron chi connectivity index (χ4n) is 13.1. The second kappa shape index (κ2) is 49.3. The van der Waals surface area contributed by atoms with Crippen LogP contribution in [0.15, 0.2) is 109 Å². The molecule has 0 aromatic heterocycles. The van der Waals surface area contributed by atoms with E-state index < -0.39 is 108 Å². The minimum Gasteiger partial charge on any atom is -0.508 e. The summed E-state index contributed by atoms with van der Waals surface area (Å²) < 4.78 is 5.09. The van der Waals surface area contributed by atoms with Crippen molar-refractivity contribution in [2.75, 3.05) is 56.3 Å². The van der Waals surface area contributed by atoms with Gasteiger partial charge in [0.25, 0.3) is 0 Å². The van der Waals surface area contributed by atoms with Crippen LogP contribution in [0.2, 0.25) is 0 Å². The first-order valence-corrected chi connectivity index (χ1v) is 42.4. The molecule has 4 aromatic rings. The van der Waals surface area contributed by atoms with Crippen molar-refractivity contribution in [3.63, 3.8) is 0 Å². The molecular formula is C82H108N8O22S4. The van der Waals surface area contributed by atoms with E-state index in [-0.39, 0.29) is 87.4 Å². The van der Waals surface area contributed by atoms with E-state index in [0.717, 1.165) is 63.7 Å². The maximum absolute atomic E-state index is 12.8. The summed E-state index contributed by atoms with van der Waals surface area (Å²) in [6.45, 7) is 14.9. The smallest absolute Gasteiger partial charge is 0.326 e. The second-order valence-electron chi connectivity index (χ2n) is 28.7. The van der Waals surface area contributed by atoms with E-state index in [1.165, 1.54) is 52.5 Å². The van der Waals surface area contributed by atoms with Gasteiger partial charge in [-0.05, 0) is 97.9 Å². The van der Waals surface area contributed by atoms with Crippen LogP contribution in [0.3, 0.4) is 0 Å². The quantitative estimate of drug-likeness (QED) is 0.0229. The summed E-state index contributed by atoms with van der Waals surface area (Å²) in [6.07, 6.45) is 5.62. The summed E-state index contributed by atoms with van der Waals surface area (Å²) in [4.78, 5) is 199. The Labute approximate surface area is 692 Å². The zero-order valence-corrected chi connectivity index (χ0v) is 70.0. The molecule has 9 N–H and O–H groups in total. The summed E-state index contributed by atoms with van der Waals surface area (Å²) in [5, 5.41) is 57.5. The molecule has 4 aliphatic heterocycles. The maximum atomic E-state index is 12.8. The molecule has 8 amide bonds. The monoisotopic (exact) mass is 1680 g/mol. The lowest BCUT2D eigenvalue weighted by Gasteiger charge is -2.27. The largest absolute Gasteiger partial charge is 0.508 e. The number of aromatic hydroxyl groups is 1. The van der Waals surface area contributed by atoms with Gasteiger partial charge in [0.1, 0.15) is 59.8 Å². The molecule has 12 atom stereocenters. The van der Waals surface area contributed by atoms with E-state index in [1.54, 1.807) is 78.1 Å². The van der Waals surface area contributed by atoms with Gasteiger partial charge in [0.2, 0.25) is 47.3 Å². The van der Waals surface area contributed by atoms with Gasteiger partial charge in [0.05, 0.1) is 7.11 Å². The normalized spacial score (nSPS) is 18.1. The van der Waals surface area contributed by atoms with Crippen molar-refractivity contribution in [3.8, 4) is 11.5 Å². The molecule has 632 valence electrons. The van der Waals surface area contributed by atoms with Crippen molar-refractivity contribution in [2.24, 2.45) is 23.7 Å². The van der Waals surface area contributed by atoms with E-state index >= 15 is 0 Å². The lowest BCUT2D eigenvalue weighted by Crippen LogP contribution is -2.52. The Hall–Kier alpha value is -9.80. The number of carboxylic acids is 4. The van der Waals surface area contributed by atoms with Crippen LogP contribution in [-0.4, -0.2) is 241 Å². The maximum Gasteiger partial charge on any atom is 0.326 e. The number of hydrogen-bond acceptors (Lipinski definition) is 22. The molecule has 4 saturated heterocycles. The number of benzene rings is 4. The van der Waals surface area contributed by atoms with Crippen molar-refractivity contribution < 1.29 is 107 Å². The number of carboxylic acid groups (broad SMARTS) is 4. The van der Waals surface area contributed by atoms with Crippen LogP contribution in [0.25, 0.3) is 0 Å². The number of carbonyl (C=O) groups excluding carboxylic acids is 12. The van der Waals surface area contributed by atoms with Crippen molar-refractivity contribution in [3.05, 3.63) is 131 Å². The molecule has 0 unspecified atom stereocenters. The lowest BCUT2D eigenvalue weighted by atomic mass is 10.0. The Bertz CT molecular complexity index is 4030. The van der Waals surface area contributed by atoms with Crippen LogP contribution in [0.5, 0.6) is 11.5 Å². The lowest BCUT2D eigenvalue weighted by molar-refractivity contribution is -0.145. The van der Waals surface area contributed by atoms with Crippen molar-refractivity contribution in [1.82, 2.24) is 40.9 Å². The minimum atomic E-state index is -1.17. The number of phenols is 1. The average molecular weight is 1690 g/mol. The number of aliphatic carboxylic acids is 4. The number of hydrogen-bond donors (Lipinski definition) is 9. The topological polar surface area (TPSA) is 445 Å². The number of methoxy groups -OCH3 is 1. The van der Waals surface area contributed by atoms with E-state index in [4.69, 9.17) is 4.74 Å². The predicted octanol–water partition coefficient (Wildman–Crippen LogP) is 6.93. The summed E-state index contributed by atoms with van der Waals surface area (Å²) in [5.41, 5.74) is 3.03. The number of phenolic OH excluding ortho intramolecular Hbond substituents is 1. The van der Waals surface area contributed by atoms with E-state index in [2.05, 4.69) is 21.3 Å². The van der Waals surface area contributed by atoms with E-state index in [9.17, 15) is 102 Å². The summed E-state index contributed by atoms with van der Waals surface area (Å²) in [5.74, 6) is -6.54. The Morgan fingerprint density at radius 1 is 0.379 bits per heavy atom. The number of nitrogens with zero attached hydrogens (tertiary/aromatic N) is 4. The standard InChI is InChI=1S/C21H28N2O6S.C21H28N2O5S.C20H26N2O6S.C20H26N2O5S/c1-13(12-30-14(2)24)20(26)23-10-4-5-18(23)19(25)22-17(21(27)28)11-15-6-8-16(29-3)9-7-15;1-3-18(24)29-13-14(2)20(26)23-11-7-10-17(23)19(25)22-16(21(27)28)12-15-8-5-4-6-9-15;1-12(11-29-13(2)23)19(26)22-9-3-4-17(22)18(25)21-16(20(27)28)10-14-5-7-15(24)8-6-14;1-13(12-28-14(2)23)19(25)22-10-6-9-17(22)18(24)21-16(20(26)27)11-15-7-4-3-5-8-15/h6-9,13,17-18H,4-5,10-12H2,1-3H3,(H,22,25)(H,27,28);4-6,8-9,14,16-17H,3,7,10-13H2,1-2H3,(H,22,25)(H,27,28);5-8,12,16-17,24H,3-4,9-11H2,1-2H3,(H,21,25)(H,27,28);3-5,7-8,13,16-17H,6,9-12H2,1-2H3,(H,21,24)(H,26,27)/t13-,17+,18+;14-,16+,17+;12-,16+,17+;13-,16+,17+/m1111/s1. The first-order valence-electron chi connectivity index (χ1n) is 38.4. The fraction of sp³-hybridized carbons (Fsp3) is 0.512. The molecule has 116 heavy (non-hydrogen) atoms. The molecule has 34 heteroatoms. The van der Waals surface area contributed by atoms with Crippen molar-refractivity contribution in [1.29, 1.82) is 0 Å². The Morgan fingerprint density at radius 3 is 0.853 bits per heavy atom. The summed E-state index contributed by atoms with van der Waals surface area (Å²) >= 11 is 4.37. The first kappa shape index (κ1) is 96.8. The van der Waals surface area contributed by atoms with Crippen LogP contribution < -0.4 is 26.0 Å². The van der Waals surface area contributed by atoms with Crippen LogP contribution in [0, 0.1) is 23.7 Å². The number of nitrogens with one attached hydrogen (secondary N) is 4. The van der Waals surface area contributed by atoms with Crippen LogP contribution in [-0.2, 0) is 102 Å². The molecule has 0 spiro atoms. The van der Waals surface area contributed by atoms with Gasteiger partial charge in [-0.25, -0.2) is 19.2 Å². The Kier molecular flexibility index (Phi) is 41.1. The molecule has 4 aliphatic rings. The van der Waals surface area contributed by atoms with Gasteiger partial charge < -0.3 is 71.1 Å². The van der Waals surface area contributed by atoms with Crippen molar-refractivity contribution in [2.45, 2.75) is 187 Å². The third-order valence-corrected chi connectivity index (χ3v) is 23.9. The Morgan fingerprint density at radius 2 is 0.621 bits per heavy atom. The molecule has 0 radical (unpaired) electrons. The van der Waals surface area contributed by atoms with E-state index in [0.29, 0.717) is 118 Å². The average Bonchev–Trinajstić information content (AvgIpc) is 1.69. The SMILES string of the molecule is CC(=O)SC[C@@H](C)C(=O)N1CCC[C@H]1C(=O)N[C@@H](Cc1ccc(O)cc1)C(=O)O.CC(=O)SC[C@@H](C)C(=O)N1CCC[C@H]1C(=O)N[C@@H](Cc1ccccc1)C(=O)O.CCC(=O)SC[C@@H](C)C(=O)N1CCC[C@H]1C(=O)N[C@@H](Cc1ccccc1)C(=O)O.COc1ccc(C[C@H](NC(=O)[C@@H]2CCCN2C(=O)[C@H](C)CSC(C)=O)C(=O)O)cc1. The van der Waals surface area contributed by atoms with Gasteiger partial charge >= 0.3 is 23.9 Å². The molecule has 4 fully saturated rings. The highest BCUT2D eigenvalue weighted by Gasteiger charge is 2.42. The number of rotatable bonds is 34. The molecule has 0 aliphatic carbocycles. The molecule has 30 nitrogen and oxygen atoms in total. The third kappa shape index (κ3) is 32.0. The second-order valence-corrected chi connectivity index (χ2v) is 33.4. The highest BCUT2D eigenvalue weighted by molar-refractivity contribution is 8.14. The van der Waals surface area contributed by atoms with Crippen LogP contribution in [0.1, 0.15) is 135 Å². The summed E-state index contributed by atoms with van der Waals surface area (Å²) in [6, 6.07) is 24.1. The number of likely N-dealkylation sites (tertiary alicyclic amines) is 4. The number of carbonyl (C=O) groups is 16. The minimum absolute atomic E-state index is 0.0329. The van der Waals surface area contributed by atoms with Gasteiger partial charge in [0, 0.05) is 126 Å². The molecule has 4 aromatic carbocycles. The predicted molar refractivity (Wildman–Crippen MR) is 440 cm³/mol. The van der Waals surface area contributed by atoms with Crippen LogP contribution in [0.4, 0.5) is 0 Å². The highest BCUT2D eigenvalue weighted by Crippen LogP contribution is 2.28. The number of ether oxygens (including phenoxy) is 1. The van der Waals surface area contributed by atoms with Crippen LogP contribution >= 0.6 is 47.0 Å². The zero-order valence-electron chi connectivity index (χ0n) is 66.8. The van der Waals surface area contributed by atoms with Gasteiger partial charge in [-0.15, -0.1) is 0 Å². The molecular weight excluding hydrogens is 1580 g/mol. The number of thioether (sulfide) groups is 4. The number of amides is 8. The highest BCUT2D eigenvalue weighted by atomic mass is 32.2.